The Labute approximate surface area is 234 Å². The van der Waals surface area contributed by atoms with Gasteiger partial charge in [0.1, 0.15) is 0 Å². The zero-order chi connectivity index (χ0) is 28.8. The van der Waals surface area contributed by atoms with Gasteiger partial charge >= 0.3 is 6.09 Å². The molecule has 1 aromatic carbocycles. The monoisotopic (exact) mass is 545 g/mol. The summed E-state index contributed by atoms with van der Waals surface area (Å²) in [5.74, 6) is -0.270. The molecule has 5 rings (SSSR count). The summed E-state index contributed by atoms with van der Waals surface area (Å²) in [6.45, 7) is 10.3. The largest absolute Gasteiger partial charge is 0.465 e. The number of aromatic nitrogens is 3. The maximum Gasteiger partial charge on any atom is 0.407 e. The first-order chi connectivity index (χ1) is 18.9. The summed E-state index contributed by atoms with van der Waals surface area (Å²) in [4.78, 5) is 42.5. The molecule has 1 fully saturated rings. The molecule has 1 unspecified atom stereocenters. The first-order valence-corrected chi connectivity index (χ1v) is 14.1. The molecule has 2 aromatic heterocycles. The fourth-order valence-corrected chi connectivity index (χ4v) is 6.24. The lowest BCUT2D eigenvalue weighted by Gasteiger charge is -2.40. The van der Waals surface area contributed by atoms with Crippen LogP contribution in [0.4, 0.5) is 4.79 Å². The van der Waals surface area contributed by atoms with Crippen LogP contribution in [0.2, 0.25) is 0 Å². The number of fused-ring (bicyclic) bond motifs is 1. The number of hydrogen-bond acceptors (Lipinski definition) is 4. The average Bonchev–Trinajstić information content (AvgIpc) is 3.56. The summed E-state index contributed by atoms with van der Waals surface area (Å²) in [6.07, 6.45) is 7.88. The number of nitrogens with zero attached hydrogens (tertiary/aromatic N) is 3. The molecule has 3 N–H and O–H groups in total. The minimum Gasteiger partial charge on any atom is -0.465 e. The fraction of sp³-hybridized carbons (Fsp3) is 0.484. The fourth-order valence-electron chi connectivity index (χ4n) is 6.24. The smallest absolute Gasteiger partial charge is 0.407 e. The molecule has 2 amide bonds. The number of rotatable bonds is 5. The minimum atomic E-state index is -0.925. The molecule has 9 heteroatoms. The molecule has 1 saturated carbocycles. The number of aromatic amines is 1. The van der Waals surface area contributed by atoms with Crippen LogP contribution in [0.3, 0.4) is 0 Å². The van der Waals surface area contributed by atoms with Gasteiger partial charge in [-0.1, -0.05) is 39.7 Å². The molecule has 212 valence electrons. The van der Waals surface area contributed by atoms with Gasteiger partial charge in [0.05, 0.1) is 29.4 Å². The summed E-state index contributed by atoms with van der Waals surface area (Å²) < 4.78 is 2.06. The second-order valence-corrected chi connectivity index (χ2v) is 12.3. The van der Waals surface area contributed by atoms with Crippen molar-refractivity contribution in [3.63, 3.8) is 0 Å². The van der Waals surface area contributed by atoms with Crippen molar-refractivity contribution in [2.45, 2.75) is 85.4 Å². The molecule has 0 spiro atoms. The molecule has 1 aliphatic heterocycles. The van der Waals surface area contributed by atoms with Crippen LogP contribution in [0.1, 0.15) is 91.7 Å². The van der Waals surface area contributed by atoms with Crippen LogP contribution in [0.5, 0.6) is 0 Å². The number of H-pyrrole nitrogens is 1. The minimum absolute atomic E-state index is 0.116. The number of pyridine rings is 1. The van der Waals surface area contributed by atoms with Crippen LogP contribution >= 0.6 is 0 Å². The lowest BCUT2D eigenvalue weighted by molar-refractivity contribution is 0.0952. The van der Waals surface area contributed by atoms with Gasteiger partial charge < -0.3 is 20.3 Å². The molecule has 3 aromatic rings. The molecule has 1 aliphatic carbocycles. The van der Waals surface area contributed by atoms with Gasteiger partial charge in [0.2, 0.25) is 0 Å². The average molecular weight is 546 g/mol. The highest BCUT2D eigenvalue weighted by atomic mass is 16.4. The van der Waals surface area contributed by atoms with E-state index in [0.717, 1.165) is 59.0 Å². The normalized spacial score (nSPS) is 18.3. The summed E-state index contributed by atoms with van der Waals surface area (Å²) in [5.41, 5.74) is 5.00. The van der Waals surface area contributed by atoms with Crippen LogP contribution in [0.25, 0.3) is 16.5 Å². The van der Waals surface area contributed by atoms with E-state index < -0.39 is 6.09 Å². The molecular formula is C31H39N5O4. The summed E-state index contributed by atoms with van der Waals surface area (Å²) >= 11 is 0. The van der Waals surface area contributed by atoms with Crippen LogP contribution in [0, 0.1) is 19.3 Å². The maximum absolute atomic E-state index is 13.7. The Balaban J connectivity index is 1.57. The van der Waals surface area contributed by atoms with Gasteiger partial charge in [-0.15, -0.1) is 0 Å². The molecule has 9 nitrogen and oxygen atoms in total. The van der Waals surface area contributed by atoms with E-state index in [2.05, 4.69) is 21.0 Å². The van der Waals surface area contributed by atoms with Crippen molar-refractivity contribution in [3.8, 4) is 0 Å². The molecule has 40 heavy (non-hydrogen) atoms. The summed E-state index contributed by atoms with van der Waals surface area (Å²) in [7, 11) is 0. The van der Waals surface area contributed by atoms with Gasteiger partial charge in [-0.05, 0) is 73.4 Å². The number of benzene rings is 1. The van der Waals surface area contributed by atoms with Crippen molar-refractivity contribution in [1.82, 2.24) is 25.0 Å². The Morgan fingerprint density at radius 3 is 2.52 bits per heavy atom. The zero-order valence-corrected chi connectivity index (χ0v) is 24.0. The van der Waals surface area contributed by atoms with Gasteiger partial charge in [-0.3, -0.25) is 14.3 Å². The van der Waals surface area contributed by atoms with Crippen LogP contribution in [-0.4, -0.2) is 49.4 Å². The highest BCUT2D eigenvalue weighted by Crippen LogP contribution is 2.37. The topological polar surface area (TPSA) is 120 Å². The van der Waals surface area contributed by atoms with E-state index >= 15 is 0 Å². The Morgan fingerprint density at radius 1 is 1.15 bits per heavy atom. The molecular weight excluding hydrogens is 506 g/mol. The lowest BCUT2D eigenvalue weighted by atomic mass is 9.81. The molecule has 0 bridgehead atoms. The number of aryl methyl sites for hydroxylation is 2. The number of hydrogen-bond donors (Lipinski definition) is 3. The SMILES string of the molecule is Cc1cc(C)c(CNC(=O)c2cc(C3=CC(C(C)(C)C)N(C(=O)O)CC3)cc3c2cnn3C2CCCC2)c(=O)[nH]1. The van der Waals surface area contributed by atoms with Crippen molar-refractivity contribution in [3.05, 3.63) is 68.8 Å². The van der Waals surface area contributed by atoms with Crippen LogP contribution in [0.15, 0.2) is 35.3 Å². The Hall–Kier alpha value is -3.88. The standard InChI is InChI=1S/C31H39N5O4/c1-18-12-19(2)34-29(38)24(18)16-32-28(37)23-13-21(14-26-25(23)17-33-36(26)22-8-6-7-9-22)20-10-11-35(30(39)40)27(15-20)31(3,4)5/h12-15,17,22,27H,6-11,16H2,1-5H3,(H,32,37)(H,34,38)(H,39,40). The van der Waals surface area contributed by atoms with Gasteiger partial charge in [-0.2, -0.15) is 5.10 Å². The molecule has 2 aliphatic rings. The van der Waals surface area contributed by atoms with E-state index in [9.17, 15) is 19.5 Å². The van der Waals surface area contributed by atoms with Crippen molar-refractivity contribution in [1.29, 1.82) is 0 Å². The summed E-state index contributed by atoms with van der Waals surface area (Å²) in [6, 6.07) is 5.90. The van der Waals surface area contributed by atoms with Gasteiger partial charge in [0, 0.05) is 29.7 Å². The van der Waals surface area contributed by atoms with E-state index in [4.69, 9.17) is 5.10 Å². The van der Waals surface area contributed by atoms with Crippen molar-refractivity contribution >= 4 is 28.5 Å². The first kappa shape index (κ1) is 27.7. The number of carbonyl (C=O) groups is 2. The molecule has 1 atom stereocenters. The van der Waals surface area contributed by atoms with E-state index in [1.165, 1.54) is 4.90 Å². The number of nitrogens with one attached hydrogen (secondary N) is 2. The van der Waals surface area contributed by atoms with E-state index in [0.29, 0.717) is 30.1 Å². The zero-order valence-electron chi connectivity index (χ0n) is 24.0. The van der Waals surface area contributed by atoms with Gasteiger partial charge in [0.15, 0.2) is 0 Å². The maximum atomic E-state index is 13.7. The van der Waals surface area contributed by atoms with Crippen LogP contribution in [-0.2, 0) is 6.54 Å². The number of carboxylic acid groups (broad SMARTS) is 1. The molecule has 0 saturated heterocycles. The third-order valence-electron chi connectivity index (χ3n) is 8.37. The van der Waals surface area contributed by atoms with E-state index in [-0.39, 0.29) is 29.5 Å². The Kier molecular flexibility index (Phi) is 7.33. The van der Waals surface area contributed by atoms with Crippen molar-refractivity contribution in [2.24, 2.45) is 5.41 Å². The number of carbonyl (C=O) groups excluding carboxylic acids is 1. The highest BCUT2D eigenvalue weighted by molar-refractivity contribution is 6.07. The predicted molar refractivity (Wildman–Crippen MR) is 156 cm³/mol. The third kappa shape index (κ3) is 5.29. The third-order valence-corrected chi connectivity index (χ3v) is 8.37. The summed E-state index contributed by atoms with van der Waals surface area (Å²) in [5, 5.41) is 18.3. The van der Waals surface area contributed by atoms with E-state index in [1.54, 1.807) is 6.20 Å². The second-order valence-electron chi connectivity index (χ2n) is 12.3. The second kappa shape index (κ2) is 10.6. The van der Waals surface area contributed by atoms with Crippen molar-refractivity contribution in [2.75, 3.05) is 6.54 Å². The van der Waals surface area contributed by atoms with Crippen LogP contribution < -0.4 is 10.9 Å². The lowest BCUT2D eigenvalue weighted by Crippen LogP contribution is -2.48. The van der Waals surface area contributed by atoms with Crippen molar-refractivity contribution < 1.29 is 14.7 Å². The van der Waals surface area contributed by atoms with Gasteiger partial charge in [0.25, 0.3) is 11.5 Å². The molecule has 0 radical (unpaired) electrons. The highest BCUT2D eigenvalue weighted by Gasteiger charge is 2.35. The predicted octanol–water partition coefficient (Wildman–Crippen LogP) is 5.57. The Morgan fingerprint density at radius 2 is 1.88 bits per heavy atom. The first-order valence-electron chi connectivity index (χ1n) is 14.1. The van der Waals surface area contributed by atoms with E-state index in [1.807, 2.05) is 52.8 Å². The molecule has 3 heterocycles. The Bertz CT molecular complexity index is 1550. The quantitative estimate of drug-likeness (QED) is 0.387. The number of amides is 2. The van der Waals surface area contributed by atoms with Gasteiger partial charge in [-0.25, -0.2) is 4.79 Å².